The molecule has 0 N–H and O–H groups in total. The second-order valence-electron chi connectivity index (χ2n) is 13.2. The van der Waals surface area contributed by atoms with Crippen molar-refractivity contribution in [3.05, 3.63) is 170 Å². The third-order valence-corrected chi connectivity index (χ3v) is 10.2. The summed E-state index contributed by atoms with van der Waals surface area (Å²) >= 11 is 0. The summed E-state index contributed by atoms with van der Waals surface area (Å²) in [6.07, 6.45) is 0. The molecule has 0 unspecified atom stereocenters. The third-order valence-electron chi connectivity index (χ3n) is 10.2. The molecule has 3 heterocycles. The van der Waals surface area contributed by atoms with Crippen molar-refractivity contribution in [3.8, 4) is 45.0 Å². The first-order valence-electron chi connectivity index (χ1n) is 17.4. The zero-order valence-electron chi connectivity index (χ0n) is 27.9. The number of rotatable bonds is 4. The summed E-state index contributed by atoms with van der Waals surface area (Å²) in [5.41, 5.74) is 9.97. The van der Waals surface area contributed by atoms with Gasteiger partial charge in [-0.25, -0.2) is 4.98 Å². The van der Waals surface area contributed by atoms with Crippen LogP contribution in [0.3, 0.4) is 0 Å². The van der Waals surface area contributed by atoms with E-state index >= 15 is 0 Å². The number of hydrogen-bond acceptors (Lipinski definition) is 5. The average molecular weight is 665 g/mol. The molecule has 8 aromatic carbocycles. The zero-order valence-corrected chi connectivity index (χ0v) is 27.9. The Labute approximate surface area is 299 Å². The Morgan fingerprint density at radius 1 is 0.385 bits per heavy atom. The second kappa shape index (κ2) is 11.2. The molecule has 0 aliphatic carbocycles. The van der Waals surface area contributed by atoms with Gasteiger partial charge in [-0.3, -0.25) is 4.90 Å². The highest BCUT2D eigenvalue weighted by Gasteiger charge is 2.29. The van der Waals surface area contributed by atoms with E-state index in [4.69, 9.17) is 19.4 Å². The predicted octanol–water partition coefficient (Wildman–Crippen LogP) is 12.5. The van der Waals surface area contributed by atoms with Gasteiger partial charge in [-0.1, -0.05) is 133 Å². The number of aromatic nitrogens is 3. The Morgan fingerprint density at radius 2 is 1.06 bits per heavy atom. The number of furan rings is 1. The van der Waals surface area contributed by atoms with Crippen LogP contribution in [0.2, 0.25) is 0 Å². The summed E-state index contributed by atoms with van der Waals surface area (Å²) in [5, 5.41) is 6.82. The molecule has 11 rings (SSSR count). The zero-order chi connectivity index (χ0) is 34.2. The first kappa shape index (κ1) is 28.7. The Balaban J connectivity index is 1.21. The van der Waals surface area contributed by atoms with Crippen molar-refractivity contribution in [2.45, 2.75) is 0 Å². The Bertz CT molecular complexity index is 3030. The molecule has 5 nitrogen and oxygen atoms in total. The minimum atomic E-state index is 0.547. The lowest BCUT2D eigenvalue weighted by atomic mass is 9.90. The van der Waals surface area contributed by atoms with Crippen LogP contribution >= 0.6 is 0 Å². The molecular formula is C47H28N4O. The molecule has 52 heavy (non-hydrogen) atoms. The van der Waals surface area contributed by atoms with Gasteiger partial charge in [-0.2, -0.15) is 9.97 Å². The second-order valence-corrected chi connectivity index (χ2v) is 13.2. The lowest BCUT2D eigenvalue weighted by Crippen LogP contribution is -2.19. The minimum absolute atomic E-state index is 0.547. The van der Waals surface area contributed by atoms with Crippen LogP contribution in [0.25, 0.3) is 88.5 Å². The largest absolute Gasteiger partial charge is 0.456 e. The van der Waals surface area contributed by atoms with Gasteiger partial charge in [0.25, 0.3) is 0 Å². The van der Waals surface area contributed by atoms with Gasteiger partial charge in [0.15, 0.2) is 11.6 Å². The van der Waals surface area contributed by atoms with Crippen molar-refractivity contribution in [2.75, 3.05) is 4.90 Å². The van der Waals surface area contributed by atoms with Crippen molar-refractivity contribution in [2.24, 2.45) is 0 Å². The summed E-state index contributed by atoms with van der Waals surface area (Å²) in [4.78, 5) is 18.1. The summed E-state index contributed by atoms with van der Waals surface area (Å²) in [5.74, 6) is 1.71. The lowest BCUT2D eigenvalue weighted by molar-refractivity contribution is 0.669. The summed E-state index contributed by atoms with van der Waals surface area (Å²) in [6.45, 7) is 0. The fourth-order valence-electron chi connectivity index (χ4n) is 7.83. The number of anilines is 3. The molecule has 1 aliphatic rings. The van der Waals surface area contributed by atoms with Crippen LogP contribution in [0, 0.1) is 0 Å². The van der Waals surface area contributed by atoms with E-state index in [1.165, 1.54) is 16.3 Å². The minimum Gasteiger partial charge on any atom is -0.456 e. The molecular weight excluding hydrogens is 637 g/mol. The Kier molecular flexibility index (Phi) is 6.18. The van der Waals surface area contributed by atoms with Gasteiger partial charge in [0, 0.05) is 32.8 Å². The molecule has 0 saturated carbocycles. The highest BCUT2D eigenvalue weighted by atomic mass is 16.3. The Morgan fingerprint density at radius 3 is 1.94 bits per heavy atom. The van der Waals surface area contributed by atoms with Crippen LogP contribution in [-0.4, -0.2) is 15.0 Å². The van der Waals surface area contributed by atoms with Crippen LogP contribution in [0.15, 0.2) is 174 Å². The van der Waals surface area contributed by atoms with Gasteiger partial charge in [0.2, 0.25) is 5.95 Å². The topological polar surface area (TPSA) is 55.1 Å². The molecule has 0 atom stereocenters. The van der Waals surface area contributed by atoms with E-state index < -0.39 is 0 Å². The monoisotopic (exact) mass is 664 g/mol. The van der Waals surface area contributed by atoms with Crippen molar-refractivity contribution in [1.29, 1.82) is 0 Å². The smallest absolute Gasteiger partial charge is 0.238 e. The number of hydrogen-bond donors (Lipinski definition) is 0. The van der Waals surface area contributed by atoms with Crippen molar-refractivity contribution in [3.63, 3.8) is 0 Å². The van der Waals surface area contributed by atoms with Gasteiger partial charge in [0.1, 0.15) is 11.2 Å². The van der Waals surface area contributed by atoms with Crippen molar-refractivity contribution in [1.82, 2.24) is 15.0 Å². The molecule has 0 spiro atoms. The Hall–Kier alpha value is -7.11. The fourth-order valence-corrected chi connectivity index (χ4v) is 7.83. The molecule has 0 bridgehead atoms. The highest BCUT2D eigenvalue weighted by molar-refractivity contribution is 6.15. The van der Waals surface area contributed by atoms with E-state index in [1.807, 2.05) is 30.3 Å². The molecule has 0 amide bonds. The molecule has 1 aliphatic heterocycles. The van der Waals surface area contributed by atoms with Crippen molar-refractivity contribution >= 4 is 60.8 Å². The number of benzene rings is 8. The van der Waals surface area contributed by atoms with Gasteiger partial charge >= 0.3 is 0 Å². The van der Waals surface area contributed by atoms with Gasteiger partial charge in [0.05, 0.1) is 11.4 Å². The SMILES string of the molecule is c1ccc(-c2ccccc2-c2nc(-c3ccc4c(c3)oc3ccccc34)nc(N3c4cc5ccccc5cc4-c4cccc5cccc3c45)n2)cc1. The van der Waals surface area contributed by atoms with Gasteiger partial charge < -0.3 is 4.42 Å². The first-order chi connectivity index (χ1) is 25.8. The van der Waals surface area contributed by atoms with Crippen LogP contribution in [0.4, 0.5) is 17.3 Å². The molecule has 10 aromatic rings. The van der Waals surface area contributed by atoms with E-state index in [1.54, 1.807) is 0 Å². The summed E-state index contributed by atoms with van der Waals surface area (Å²) < 4.78 is 6.34. The normalized spacial score (nSPS) is 12.2. The van der Waals surface area contributed by atoms with Crippen molar-refractivity contribution < 1.29 is 4.42 Å². The third kappa shape index (κ3) is 4.39. The number of para-hydroxylation sites is 1. The number of fused-ring (bicyclic) bond motifs is 6. The maximum atomic E-state index is 6.34. The quantitative estimate of drug-likeness (QED) is 0.187. The maximum absolute atomic E-state index is 6.34. The van der Waals surface area contributed by atoms with Gasteiger partial charge in [-0.15, -0.1) is 0 Å². The lowest BCUT2D eigenvalue weighted by Gasteiger charge is -2.32. The highest BCUT2D eigenvalue weighted by Crippen LogP contribution is 2.51. The molecule has 2 aromatic heterocycles. The van der Waals surface area contributed by atoms with E-state index in [0.717, 1.165) is 71.9 Å². The van der Waals surface area contributed by atoms with E-state index in [9.17, 15) is 0 Å². The van der Waals surface area contributed by atoms with Gasteiger partial charge in [-0.05, 0) is 69.2 Å². The van der Waals surface area contributed by atoms with E-state index in [0.29, 0.717) is 17.6 Å². The summed E-state index contributed by atoms with van der Waals surface area (Å²) in [6, 6.07) is 59.2. The first-order valence-corrected chi connectivity index (χ1v) is 17.4. The molecule has 0 saturated heterocycles. The maximum Gasteiger partial charge on any atom is 0.238 e. The van der Waals surface area contributed by atoms with Crippen LogP contribution in [0.5, 0.6) is 0 Å². The van der Waals surface area contributed by atoms with Crippen LogP contribution < -0.4 is 4.90 Å². The molecule has 5 heteroatoms. The molecule has 0 fully saturated rings. The van der Waals surface area contributed by atoms with E-state index in [-0.39, 0.29) is 0 Å². The van der Waals surface area contributed by atoms with Crippen LogP contribution in [0.1, 0.15) is 0 Å². The molecule has 242 valence electrons. The predicted molar refractivity (Wildman–Crippen MR) is 212 cm³/mol. The molecule has 0 radical (unpaired) electrons. The summed E-state index contributed by atoms with van der Waals surface area (Å²) in [7, 11) is 0. The standard InChI is InChI=1S/C47H28N4O/c1-2-12-29(13-3-1)34-18-6-7-20-38(34)46-48-45(33-24-25-36-35-19-8-9-23-42(35)52-43(36)28-33)49-47(50-46)51-40-22-11-17-30-16-10-21-37(44(30)40)39-26-31-14-4-5-15-32(31)27-41(39)51/h1-28H. The fraction of sp³-hybridized carbons (Fsp3) is 0. The average Bonchev–Trinajstić information content (AvgIpc) is 3.59. The number of nitrogens with zero attached hydrogens (tertiary/aromatic N) is 4. The van der Waals surface area contributed by atoms with Crippen LogP contribution in [-0.2, 0) is 0 Å². The van der Waals surface area contributed by atoms with E-state index in [2.05, 4.69) is 144 Å².